The van der Waals surface area contributed by atoms with Crippen LogP contribution in [-0.2, 0) is 6.42 Å². The van der Waals surface area contributed by atoms with Gasteiger partial charge in [0.25, 0.3) is 5.91 Å². The van der Waals surface area contributed by atoms with Crippen LogP contribution in [-0.4, -0.2) is 45.8 Å². The highest BCUT2D eigenvalue weighted by Gasteiger charge is 2.31. The summed E-state index contributed by atoms with van der Waals surface area (Å²) in [5, 5.41) is 19.3. The molecule has 0 atom stereocenters. The zero-order valence-corrected chi connectivity index (χ0v) is 14.1. The molecule has 3 aromatic rings. The maximum Gasteiger partial charge on any atom is 0.256 e. The summed E-state index contributed by atoms with van der Waals surface area (Å²) in [5.41, 5.74) is 1.66. The molecule has 0 unspecified atom stereocenters. The number of hydrogen-bond acceptors (Lipinski definition) is 4. The van der Waals surface area contributed by atoms with Gasteiger partial charge in [-0.1, -0.05) is 30.3 Å². The number of aliphatic hydroxyl groups excluding tert-OH is 1. The average molecular weight is 351 g/mol. The smallest absolute Gasteiger partial charge is 0.256 e. The molecule has 1 N–H and O–H groups in total. The summed E-state index contributed by atoms with van der Waals surface area (Å²) in [6, 6.07) is 12.4. The van der Waals surface area contributed by atoms with Crippen molar-refractivity contribution < 1.29 is 14.3 Å². The fraction of sp³-hybridized carbons (Fsp3) is 0.250. The van der Waals surface area contributed by atoms with Crippen LogP contribution >= 0.6 is 0 Å². The van der Waals surface area contributed by atoms with Crippen LogP contribution in [0.15, 0.2) is 48.7 Å². The number of carbonyl (C=O) groups excluding carboxylic acids is 1. The van der Waals surface area contributed by atoms with Gasteiger partial charge in [0, 0.05) is 42.8 Å². The second-order valence-electron chi connectivity index (χ2n) is 6.63. The van der Waals surface area contributed by atoms with Crippen LogP contribution in [0.3, 0.4) is 0 Å². The van der Waals surface area contributed by atoms with E-state index in [1.807, 2.05) is 24.3 Å². The van der Waals surface area contributed by atoms with E-state index < -0.39 is 5.82 Å². The molecule has 0 bridgehead atoms. The number of benzene rings is 2. The molecule has 1 aromatic heterocycles. The number of hydrogen-bond donors (Lipinski definition) is 1. The predicted molar refractivity (Wildman–Crippen MR) is 95.2 cm³/mol. The molecule has 0 spiro atoms. The second kappa shape index (κ2) is 6.80. The second-order valence-corrected chi connectivity index (χ2v) is 6.63. The summed E-state index contributed by atoms with van der Waals surface area (Å²) in [5.74, 6) is -0.774. The third kappa shape index (κ3) is 3.04. The van der Waals surface area contributed by atoms with Crippen molar-refractivity contribution in [2.75, 3.05) is 19.7 Å². The lowest BCUT2D eigenvalue weighted by molar-refractivity contribution is 0.0358. The lowest BCUT2D eigenvalue weighted by Crippen LogP contribution is -2.51. The molecule has 132 valence electrons. The molecule has 1 aliphatic rings. The highest BCUT2D eigenvalue weighted by molar-refractivity contribution is 5.95. The molecule has 0 radical (unpaired) electrons. The van der Waals surface area contributed by atoms with Gasteiger partial charge in [0.15, 0.2) is 0 Å². The Morgan fingerprint density at radius 3 is 2.85 bits per heavy atom. The largest absolute Gasteiger partial charge is 0.396 e. The Hall–Kier alpha value is -2.86. The van der Waals surface area contributed by atoms with Gasteiger partial charge in [0.1, 0.15) is 5.82 Å². The molecule has 6 heteroatoms. The molecule has 1 fully saturated rings. The van der Waals surface area contributed by atoms with Gasteiger partial charge in [0.05, 0.1) is 17.5 Å². The van der Waals surface area contributed by atoms with E-state index in [4.69, 9.17) is 5.11 Å². The van der Waals surface area contributed by atoms with Gasteiger partial charge in [-0.15, -0.1) is 0 Å². The molecule has 0 saturated carbocycles. The number of aromatic nitrogens is 2. The lowest BCUT2D eigenvalue weighted by Gasteiger charge is -2.38. The van der Waals surface area contributed by atoms with Crippen LogP contribution in [0.25, 0.3) is 10.8 Å². The van der Waals surface area contributed by atoms with Crippen LogP contribution in [0.1, 0.15) is 21.6 Å². The van der Waals surface area contributed by atoms with E-state index in [0.717, 1.165) is 22.0 Å². The Morgan fingerprint density at radius 2 is 2.04 bits per heavy atom. The topological polar surface area (TPSA) is 66.3 Å². The first-order valence-electron chi connectivity index (χ1n) is 8.53. The van der Waals surface area contributed by atoms with Crippen LogP contribution in [0.5, 0.6) is 0 Å². The van der Waals surface area contributed by atoms with Gasteiger partial charge >= 0.3 is 0 Å². The SMILES string of the molecule is O=C(c1cc(Cc2nncc3ccccc23)ccc1F)N1CC(CO)C1. The zero-order valence-electron chi connectivity index (χ0n) is 14.1. The molecule has 2 aromatic carbocycles. The van der Waals surface area contributed by atoms with Crippen molar-refractivity contribution in [3.63, 3.8) is 0 Å². The predicted octanol–water partition coefficient (Wildman–Crippen LogP) is 2.42. The minimum absolute atomic E-state index is 0.0477. The third-order valence-electron chi connectivity index (χ3n) is 4.78. The van der Waals surface area contributed by atoms with E-state index in [1.54, 1.807) is 23.2 Å². The Labute approximate surface area is 150 Å². The van der Waals surface area contributed by atoms with Crippen LogP contribution < -0.4 is 0 Å². The molecule has 0 aliphatic carbocycles. The van der Waals surface area contributed by atoms with Gasteiger partial charge < -0.3 is 10.0 Å². The van der Waals surface area contributed by atoms with Crippen molar-refractivity contribution >= 4 is 16.7 Å². The lowest BCUT2D eigenvalue weighted by atomic mass is 9.98. The minimum Gasteiger partial charge on any atom is -0.396 e. The fourth-order valence-electron chi connectivity index (χ4n) is 3.28. The maximum atomic E-state index is 14.2. The third-order valence-corrected chi connectivity index (χ3v) is 4.78. The van der Waals surface area contributed by atoms with Crippen LogP contribution in [0, 0.1) is 11.7 Å². The van der Waals surface area contributed by atoms with Gasteiger partial charge in [-0.2, -0.15) is 10.2 Å². The number of nitrogens with zero attached hydrogens (tertiary/aromatic N) is 3. The molecular formula is C20H18FN3O2. The van der Waals surface area contributed by atoms with E-state index in [2.05, 4.69) is 10.2 Å². The summed E-state index contributed by atoms with van der Waals surface area (Å²) < 4.78 is 14.2. The van der Waals surface area contributed by atoms with Gasteiger partial charge in [-0.3, -0.25) is 4.79 Å². The molecular weight excluding hydrogens is 333 g/mol. The normalized spacial score (nSPS) is 14.5. The first kappa shape index (κ1) is 16.6. The van der Waals surface area contributed by atoms with Gasteiger partial charge in [0.2, 0.25) is 0 Å². The molecule has 4 rings (SSSR count). The standard InChI is InChI=1S/C20H18FN3O2/c21-18-6-5-13(7-17(18)20(26)24-10-14(11-24)12-25)8-19-16-4-2-1-3-15(16)9-22-23-19/h1-7,9,14,25H,8,10-12H2. The Kier molecular flexibility index (Phi) is 4.34. The highest BCUT2D eigenvalue weighted by atomic mass is 19.1. The molecule has 1 amide bonds. The summed E-state index contributed by atoms with van der Waals surface area (Å²) in [6.07, 6.45) is 2.17. The van der Waals surface area contributed by atoms with Crippen molar-refractivity contribution in [2.24, 2.45) is 5.92 Å². The first-order valence-corrected chi connectivity index (χ1v) is 8.53. The van der Waals surface area contributed by atoms with Gasteiger partial charge in [-0.05, 0) is 17.7 Å². The van der Waals surface area contributed by atoms with E-state index in [0.29, 0.717) is 19.5 Å². The summed E-state index contributed by atoms with van der Waals surface area (Å²) in [4.78, 5) is 14.1. The molecule has 5 nitrogen and oxygen atoms in total. The van der Waals surface area contributed by atoms with E-state index in [9.17, 15) is 9.18 Å². The number of rotatable bonds is 4. The minimum atomic E-state index is -0.532. The number of fused-ring (bicyclic) bond motifs is 1. The van der Waals surface area contributed by atoms with E-state index in [-0.39, 0.29) is 24.0 Å². The summed E-state index contributed by atoms with van der Waals surface area (Å²) >= 11 is 0. The van der Waals surface area contributed by atoms with Crippen molar-refractivity contribution in [1.29, 1.82) is 0 Å². The number of likely N-dealkylation sites (tertiary alicyclic amines) is 1. The zero-order chi connectivity index (χ0) is 18.1. The van der Waals surface area contributed by atoms with E-state index >= 15 is 0 Å². The van der Waals surface area contributed by atoms with Crippen LogP contribution in [0.4, 0.5) is 4.39 Å². The molecule has 1 aliphatic heterocycles. The first-order chi connectivity index (χ1) is 12.7. The van der Waals surface area contributed by atoms with Crippen LogP contribution in [0.2, 0.25) is 0 Å². The Morgan fingerprint density at radius 1 is 1.23 bits per heavy atom. The molecule has 26 heavy (non-hydrogen) atoms. The van der Waals surface area contributed by atoms with Crippen molar-refractivity contribution in [2.45, 2.75) is 6.42 Å². The number of aliphatic hydroxyl groups is 1. The molecule has 1 saturated heterocycles. The Balaban J connectivity index is 1.61. The number of amides is 1. The van der Waals surface area contributed by atoms with Crippen molar-refractivity contribution in [3.8, 4) is 0 Å². The van der Waals surface area contributed by atoms with Crippen molar-refractivity contribution in [3.05, 3.63) is 71.3 Å². The maximum absolute atomic E-state index is 14.2. The number of halogens is 1. The summed E-state index contributed by atoms with van der Waals surface area (Å²) in [7, 11) is 0. The number of carbonyl (C=O) groups is 1. The van der Waals surface area contributed by atoms with Gasteiger partial charge in [-0.25, -0.2) is 4.39 Å². The monoisotopic (exact) mass is 351 g/mol. The molecule has 2 heterocycles. The summed E-state index contributed by atoms with van der Waals surface area (Å²) in [6.45, 7) is 0.980. The Bertz CT molecular complexity index is 965. The van der Waals surface area contributed by atoms with Crippen molar-refractivity contribution in [1.82, 2.24) is 15.1 Å². The van der Waals surface area contributed by atoms with E-state index in [1.165, 1.54) is 6.07 Å². The fourth-order valence-corrected chi connectivity index (χ4v) is 3.28. The quantitative estimate of drug-likeness (QED) is 0.784. The average Bonchev–Trinajstić information content (AvgIpc) is 2.62. The highest BCUT2D eigenvalue weighted by Crippen LogP contribution is 2.23.